The van der Waals surface area contributed by atoms with Crippen LogP contribution in [-0.4, -0.2) is 50.3 Å². The van der Waals surface area contributed by atoms with Crippen LogP contribution in [0.2, 0.25) is 0 Å². The van der Waals surface area contributed by atoms with E-state index in [-0.39, 0.29) is 39.9 Å². The predicted molar refractivity (Wildman–Crippen MR) is 115 cm³/mol. The smallest absolute Gasteiger partial charge is 0.354 e. The van der Waals surface area contributed by atoms with Crippen molar-refractivity contribution in [3.8, 4) is 11.8 Å². The molecule has 1 aromatic carbocycles. The van der Waals surface area contributed by atoms with Crippen molar-refractivity contribution < 1.29 is 39.9 Å². The molecule has 4 rings (SSSR count). The minimum absolute atomic E-state index is 0. The van der Waals surface area contributed by atoms with Gasteiger partial charge in [-0.3, -0.25) is 4.68 Å². The zero-order chi connectivity index (χ0) is 22.5. The van der Waals surface area contributed by atoms with Crippen LogP contribution in [0.4, 0.5) is 0 Å². The number of rotatable bonds is 3. The van der Waals surface area contributed by atoms with Gasteiger partial charge in [-0.2, -0.15) is 23.3 Å². The first-order chi connectivity index (χ1) is 15.0. The Labute approximate surface area is 205 Å². The van der Waals surface area contributed by atoms with E-state index in [0.29, 0.717) is 5.56 Å². The quantitative estimate of drug-likeness (QED) is 0.264. The number of nitrogens with zero attached hydrogens (tertiary/aromatic N) is 5. The largest absolute Gasteiger partial charge is 0.477 e. The van der Waals surface area contributed by atoms with Gasteiger partial charge in [-0.1, -0.05) is 17.7 Å². The molecule has 166 valence electrons. The average molecular weight is 617 g/mol. The number of pyridine rings is 2. The van der Waals surface area contributed by atoms with Crippen LogP contribution < -0.4 is 0 Å². The maximum Gasteiger partial charge on any atom is 0.354 e. The number of carboxylic acids is 2. The van der Waals surface area contributed by atoms with Gasteiger partial charge in [0, 0.05) is 59.4 Å². The van der Waals surface area contributed by atoms with Gasteiger partial charge >= 0.3 is 11.9 Å². The van der Waals surface area contributed by atoms with Crippen molar-refractivity contribution in [2.24, 2.45) is 0 Å². The number of hydrogen-bond donors (Lipinski definition) is 2. The van der Waals surface area contributed by atoms with E-state index in [9.17, 15) is 9.59 Å². The van der Waals surface area contributed by atoms with E-state index in [0.717, 1.165) is 5.69 Å². The third kappa shape index (κ3) is 10.2. The summed E-state index contributed by atoms with van der Waals surface area (Å²) in [4.78, 5) is 27.4. The Kier molecular flexibility index (Phi) is 13.7. The van der Waals surface area contributed by atoms with Gasteiger partial charge in [-0.15, -0.1) is 6.07 Å². The summed E-state index contributed by atoms with van der Waals surface area (Å²) < 4.78 is 1.70. The molecule has 0 fully saturated rings. The number of carbonyl (C=O) groups is 2. The van der Waals surface area contributed by atoms with Crippen LogP contribution in [0.5, 0.6) is 0 Å². The molecule has 0 saturated heterocycles. The van der Waals surface area contributed by atoms with Crippen molar-refractivity contribution in [3.63, 3.8) is 0 Å². The van der Waals surface area contributed by atoms with Crippen molar-refractivity contribution in [1.82, 2.24) is 19.7 Å². The van der Waals surface area contributed by atoms with Crippen LogP contribution in [0, 0.1) is 17.4 Å². The Balaban J connectivity index is 0.000000464. The van der Waals surface area contributed by atoms with Crippen LogP contribution >= 0.6 is 0 Å². The van der Waals surface area contributed by atoms with E-state index < -0.39 is 11.9 Å². The normalized spacial score (nSPS) is 8.58. The molecular weight excluding hydrogens is 601 g/mol. The Morgan fingerprint density at radius 2 is 1.45 bits per heavy atom. The molecule has 9 nitrogen and oxygen atoms in total. The minimum atomic E-state index is -0.990. The molecule has 0 aliphatic carbocycles. The van der Waals surface area contributed by atoms with E-state index in [2.05, 4.69) is 21.1 Å². The molecule has 4 aromatic rings. The van der Waals surface area contributed by atoms with Crippen LogP contribution in [0.1, 0.15) is 26.5 Å². The number of carboxylic acid groups (broad SMARTS) is 2. The fraction of sp³-hybridized carbons (Fsp3) is 0. The fourth-order valence-corrected chi connectivity index (χ4v) is 2.02. The van der Waals surface area contributed by atoms with Gasteiger partial charge in [0.05, 0.1) is 0 Å². The standard InChI is InChI=1S/C10H6N3.2C6H5NO2.B.Ir/c11-8-9-2-4-10(5-3-9)13-7-1-6-12-13;2*8-6(9)5-3-1-2-4-7-5;;/h1-4,6-7H;2*1-4H,(H,8,9);;/q-1;;;;. The molecule has 3 heterocycles. The summed E-state index contributed by atoms with van der Waals surface area (Å²) in [5.74, 6) is -1.98. The van der Waals surface area contributed by atoms with Crippen LogP contribution in [0.3, 0.4) is 0 Å². The Morgan fingerprint density at radius 1 is 0.879 bits per heavy atom. The molecule has 0 atom stereocenters. The van der Waals surface area contributed by atoms with E-state index in [1.54, 1.807) is 47.3 Å². The predicted octanol–water partition coefficient (Wildman–Crippen LogP) is 2.72. The van der Waals surface area contributed by atoms with Gasteiger partial charge in [0.2, 0.25) is 0 Å². The first-order valence-electron chi connectivity index (χ1n) is 8.71. The molecule has 4 radical (unpaired) electrons. The molecule has 0 amide bonds. The summed E-state index contributed by atoms with van der Waals surface area (Å²) in [5, 5.41) is 29.3. The molecule has 11 heteroatoms. The second-order valence-corrected chi connectivity index (χ2v) is 5.57. The van der Waals surface area contributed by atoms with Gasteiger partial charge in [0.15, 0.2) is 0 Å². The second-order valence-electron chi connectivity index (χ2n) is 5.57. The molecule has 0 spiro atoms. The number of nitriles is 1. The monoisotopic (exact) mass is 618 g/mol. The number of hydrogen-bond acceptors (Lipinski definition) is 6. The summed E-state index contributed by atoms with van der Waals surface area (Å²) in [6.07, 6.45) is 6.43. The van der Waals surface area contributed by atoms with Crippen molar-refractivity contribution in [3.05, 3.63) is 108 Å². The van der Waals surface area contributed by atoms with Crippen molar-refractivity contribution in [2.45, 2.75) is 0 Å². The van der Waals surface area contributed by atoms with Gasteiger partial charge < -0.3 is 10.2 Å². The van der Waals surface area contributed by atoms with E-state index >= 15 is 0 Å². The van der Waals surface area contributed by atoms with E-state index in [4.69, 9.17) is 15.5 Å². The second kappa shape index (κ2) is 15.6. The van der Waals surface area contributed by atoms with Gasteiger partial charge in [-0.25, -0.2) is 24.8 Å². The number of benzene rings is 1. The zero-order valence-electron chi connectivity index (χ0n) is 16.9. The zero-order valence-corrected chi connectivity index (χ0v) is 19.3. The average Bonchev–Trinajstić information content (AvgIpc) is 3.36. The van der Waals surface area contributed by atoms with Crippen molar-refractivity contribution in [2.75, 3.05) is 0 Å². The number of aromatic carboxylic acids is 2. The SMILES string of the molecule is N#Cc1c[c-]c(-n2cccn2)cc1.O=C(O)c1ccccn1.O=C(O)c1ccccn1.[B].[Ir]. The Bertz CT molecular complexity index is 1090. The third-order valence-electron chi connectivity index (χ3n) is 3.44. The van der Waals surface area contributed by atoms with Crippen LogP contribution in [0.25, 0.3) is 5.69 Å². The number of aromatic nitrogens is 4. The van der Waals surface area contributed by atoms with Crippen molar-refractivity contribution >= 4 is 20.4 Å². The molecule has 0 bridgehead atoms. The first kappa shape index (κ1) is 28.9. The molecule has 0 saturated carbocycles. The minimum Gasteiger partial charge on any atom is -0.477 e. The molecule has 33 heavy (non-hydrogen) atoms. The Hall–Kier alpha value is -4.13. The maximum atomic E-state index is 10.1. The first-order valence-corrected chi connectivity index (χ1v) is 8.71. The van der Waals surface area contributed by atoms with Crippen LogP contribution in [-0.2, 0) is 20.1 Å². The summed E-state index contributed by atoms with van der Waals surface area (Å²) in [7, 11) is 0. The van der Waals surface area contributed by atoms with Gasteiger partial charge in [0.25, 0.3) is 0 Å². The summed E-state index contributed by atoms with van der Waals surface area (Å²) in [6.45, 7) is 0. The molecule has 2 N–H and O–H groups in total. The molecule has 0 unspecified atom stereocenters. The third-order valence-corrected chi connectivity index (χ3v) is 3.44. The summed E-state index contributed by atoms with van der Waals surface area (Å²) >= 11 is 0. The van der Waals surface area contributed by atoms with Gasteiger partial charge in [-0.05, 0) is 36.0 Å². The summed E-state index contributed by atoms with van der Waals surface area (Å²) in [6, 6.07) is 21.6. The molecule has 0 aliphatic heterocycles. The van der Waals surface area contributed by atoms with Crippen molar-refractivity contribution in [1.29, 1.82) is 5.26 Å². The molecule has 0 aliphatic rings. The van der Waals surface area contributed by atoms with E-state index in [1.807, 2.05) is 24.4 Å². The van der Waals surface area contributed by atoms with Crippen LogP contribution in [0.15, 0.2) is 85.5 Å². The topological polar surface area (TPSA) is 142 Å². The van der Waals surface area contributed by atoms with Gasteiger partial charge in [0.1, 0.15) is 11.4 Å². The van der Waals surface area contributed by atoms with E-state index in [1.165, 1.54) is 24.5 Å². The maximum absolute atomic E-state index is 10.1. The molecule has 3 aromatic heterocycles. The Morgan fingerprint density at radius 3 is 1.76 bits per heavy atom. The fourth-order valence-electron chi connectivity index (χ4n) is 2.02. The molecular formula is C22H16BIrN5O4-. The summed E-state index contributed by atoms with van der Waals surface area (Å²) in [5.41, 5.74) is 1.61.